The molecule has 0 bridgehead atoms. The van der Waals surface area contributed by atoms with E-state index in [9.17, 15) is 4.79 Å². The van der Waals surface area contributed by atoms with Gasteiger partial charge in [0, 0.05) is 30.2 Å². The van der Waals surface area contributed by atoms with Crippen molar-refractivity contribution in [2.24, 2.45) is 10.7 Å². The normalized spacial score (nSPS) is 15.7. The van der Waals surface area contributed by atoms with Crippen LogP contribution in [0.4, 0.5) is 0 Å². The Bertz CT molecular complexity index is 846. The first-order valence-corrected chi connectivity index (χ1v) is 8.82. The van der Waals surface area contributed by atoms with Crippen LogP contribution in [0.2, 0.25) is 0 Å². The molecule has 3 rings (SSSR count). The van der Waals surface area contributed by atoms with E-state index >= 15 is 0 Å². The Morgan fingerprint density at radius 1 is 1.26 bits per heavy atom. The largest absolute Gasteiger partial charge is 0.384 e. The molecule has 0 saturated carbocycles. The molecule has 0 spiro atoms. The lowest BCUT2D eigenvalue weighted by atomic mass is 10.1. The van der Waals surface area contributed by atoms with E-state index in [4.69, 9.17) is 10.5 Å². The molecule has 1 aromatic heterocycles. The molecule has 1 atom stereocenters. The highest BCUT2D eigenvalue weighted by molar-refractivity contribution is 5.94. The van der Waals surface area contributed by atoms with E-state index in [1.54, 1.807) is 24.5 Å². The second-order valence-electron chi connectivity index (χ2n) is 6.11. The quantitative estimate of drug-likeness (QED) is 0.695. The summed E-state index contributed by atoms with van der Waals surface area (Å²) in [7, 11) is 0. The second kappa shape index (κ2) is 8.95. The molecule has 2 heterocycles. The third-order valence-corrected chi connectivity index (χ3v) is 4.08. The highest BCUT2D eigenvalue weighted by Crippen LogP contribution is 2.09. The van der Waals surface area contributed by atoms with Gasteiger partial charge in [0.15, 0.2) is 0 Å². The number of aliphatic imine (C=N–C) groups is 1. The molecule has 0 fully saturated rings. The molecular weight excluding hydrogens is 342 g/mol. The Morgan fingerprint density at radius 3 is 2.78 bits per heavy atom. The van der Waals surface area contributed by atoms with Crippen LogP contribution in [0.5, 0.6) is 0 Å². The lowest BCUT2D eigenvalue weighted by molar-refractivity contribution is 0.0322. The van der Waals surface area contributed by atoms with Crippen LogP contribution in [0.15, 0.2) is 59.9 Å². The van der Waals surface area contributed by atoms with Gasteiger partial charge in [-0.25, -0.2) is 4.99 Å². The summed E-state index contributed by atoms with van der Waals surface area (Å²) >= 11 is 0. The van der Waals surface area contributed by atoms with Crippen molar-refractivity contribution >= 4 is 11.7 Å². The molecule has 7 nitrogen and oxygen atoms in total. The number of nitrogens with zero attached hydrogens (tertiary/aromatic N) is 2. The molecule has 0 aliphatic carbocycles. The van der Waals surface area contributed by atoms with E-state index in [1.807, 2.05) is 37.3 Å². The number of benzene rings is 1. The molecule has 1 aromatic carbocycles. The predicted molar refractivity (Wildman–Crippen MR) is 104 cm³/mol. The fourth-order valence-electron chi connectivity index (χ4n) is 2.54. The number of aromatic nitrogens is 1. The number of carbonyl (C=O) groups excluding carboxylic acids is 1. The van der Waals surface area contributed by atoms with Crippen LogP contribution in [-0.2, 0) is 24.3 Å². The number of hydrogen-bond donors (Lipinski definition) is 3. The summed E-state index contributed by atoms with van der Waals surface area (Å²) in [6.45, 7) is 2.88. The van der Waals surface area contributed by atoms with Gasteiger partial charge in [-0.2, -0.15) is 0 Å². The lowest BCUT2D eigenvalue weighted by Crippen LogP contribution is -2.31. The van der Waals surface area contributed by atoms with Gasteiger partial charge < -0.3 is 21.1 Å². The Kier molecular flexibility index (Phi) is 6.17. The van der Waals surface area contributed by atoms with Crippen molar-refractivity contribution in [3.63, 3.8) is 0 Å². The van der Waals surface area contributed by atoms with Gasteiger partial charge in [0.05, 0.1) is 6.61 Å². The number of pyridine rings is 1. The average Bonchev–Trinajstić information content (AvgIpc) is 2.71. The van der Waals surface area contributed by atoms with Gasteiger partial charge in [0.2, 0.25) is 6.35 Å². The van der Waals surface area contributed by atoms with E-state index in [2.05, 4.69) is 20.6 Å². The van der Waals surface area contributed by atoms with Crippen LogP contribution >= 0.6 is 0 Å². The Labute approximate surface area is 158 Å². The Hall–Kier alpha value is -3.19. The number of amidine groups is 1. The number of aryl methyl sites for hydroxylation is 1. The summed E-state index contributed by atoms with van der Waals surface area (Å²) in [4.78, 5) is 20.6. The summed E-state index contributed by atoms with van der Waals surface area (Å²) < 4.78 is 5.65. The summed E-state index contributed by atoms with van der Waals surface area (Å²) in [5.41, 5.74) is 9.19. The zero-order valence-corrected chi connectivity index (χ0v) is 15.2. The van der Waals surface area contributed by atoms with E-state index in [0.717, 1.165) is 23.2 Å². The summed E-state index contributed by atoms with van der Waals surface area (Å²) in [6, 6.07) is 11.4. The summed E-state index contributed by atoms with van der Waals surface area (Å²) in [5, 5.41) is 5.89. The zero-order chi connectivity index (χ0) is 19.1. The van der Waals surface area contributed by atoms with Crippen LogP contribution in [0.3, 0.4) is 0 Å². The first-order chi connectivity index (χ1) is 13.1. The maximum Gasteiger partial charge on any atom is 0.251 e. The molecule has 140 valence electrons. The van der Waals surface area contributed by atoms with Crippen molar-refractivity contribution in [1.82, 2.24) is 15.6 Å². The number of ether oxygens (including phenoxy) is 1. The third-order valence-electron chi connectivity index (χ3n) is 4.08. The van der Waals surface area contributed by atoms with Crippen molar-refractivity contribution in [2.45, 2.75) is 32.8 Å². The number of nitrogens with one attached hydrogen (secondary N) is 2. The molecule has 7 heteroatoms. The van der Waals surface area contributed by atoms with Crippen molar-refractivity contribution < 1.29 is 9.53 Å². The number of hydrogen-bond acceptors (Lipinski definition) is 6. The van der Waals surface area contributed by atoms with Gasteiger partial charge >= 0.3 is 0 Å². The van der Waals surface area contributed by atoms with Crippen molar-refractivity contribution in [1.29, 1.82) is 0 Å². The van der Waals surface area contributed by atoms with Crippen LogP contribution in [0.1, 0.15) is 34.1 Å². The van der Waals surface area contributed by atoms with E-state index < -0.39 is 6.35 Å². The minimum atomic E-state index is -0.470. The highest BCUT2D eigenvalue weighted by atomic mass is 16.5. The number of nitrogens with two attached hydrogens (primary N) is 1. The Morgan fingerprint density at radius 2 is 2.04 bits per heavy atom. The second-order valence-corrected chi connectivity index (χ2v) is 6.11. The zero-order valence-electron chi connectivity index (χ0n) is 15.2. The lowest BCUT2D eigenvalue weighted by Gasteiger charge is -2.17. The fraction of sp³-hybridized carbons (Fsp3) is 0.250. The number of carbonyl (C=O) groups is 1. The smallest absolute Gasteiger partial charge is 0.251 e. The molecular formula is C20H23N5O2. The molecule has 2 aromatic rings. The molecule has 1 aliphatic rings. The minimum Gasteiger partial charge on any atom is -0.384 e. The SMILES string of the molecule is CCc1cc(C(=O)NCc2ccc(COC3N=C(N)C=CN3)cc2)ccn1. The molecule has 0 saturated heterocycles. The molecule has 1 unspecified atom stereocenters. The standard InChI is InChI=1S/C20H23N5O2/c1-2-17-11-16(7-9-22-17)19(26)24-12-14-3-5-15(6-4-14)13-27-20-23-10-8-18(21)25-20/h3-11,20,23H,2,12-13H2,1H3,(H2,21,25)(H,24,26). The van der Waals surface area contributed by atoms with E-state index in [0.29, 0.717) is 24.6 Å². The number of rotatable bonds is 7. The molecule has 4 N–H and O–H groups in total. The molecule has 0 radical (unpaired) electrons. The first kappa shape index (κ1) is 18.6. The maximum absolute atomic E-state index is 12.3. The van der Waals surface area contributed by atoms with E-state index in [1.165, 1.54) is 0 Å². The van der Waals surface area contributed by atoms with Crippen LogP contribution in [0.25, 0.3) is 0 Å². The minimum absolute atomic E-state index is 0.105. The van der Waals surface area contributed by atoms with Gasteiger partial charge in [-0.05, 0) is 35.8 Å². The van der Waals surface area contributed by atoms with Crippen molar-refractivity contribution in [3.05, 3.63) is 77.3 Å². The van der Waals surface area contributed by atoms with Crippen LogP contribution in [-0.4, -0.2) is 23.1 Å². The van der Waals surface area contributed by atoms with Gasteiger partial charge in [-0.3, -0.25) is 9.78 Å². The van der Waals surface area contributed by atoms with E-state index in [-0.39, 0.29) is 5.91 Å². The maximum atomic E-state index is 12.3. The monoisotopic (exact) mass is 365 g/mol. The highest BCUT2D eigenvalue weighted by Gasteiger charge is 2.09. The van der Waals surface area contributed by atoms with Gasteiger partial charge in [-0.15, -0.1) is 0 Å². The molecule has 27 heavy (non-hydrogen) atoms. The third kappa shape index (κ3) is 5.39. The topological polar surface area (TPSA) is 102 Å². The fourth-order valence-corrected chi connectivity index (χ4v) is 2.54. The Balaban J connectivity index is 1.48. The number of amides is 1. The summed E-state index contributed by atoms with van der Waals surface area (Å²) in [6.07, 6.45) is 5.39. The molecule has 1 amide bonds. The van der Waals surface area contributed by atoms with Crippen LogP contribution in [0, 0.1) is 0 Å². The van der Waals surface area contributed by atoms with Gasteiger partial charge in [-0.1, -0.05) is 31.2 Å². The first-order valence-electron chi connectivity index (χ1n) is 8.82. The van der Waals surface area contributed by atoms with Crippen LogP contribution < -0.4 is 16.4 Å². The summed E-state index contributed by atoms with van der Waals surface area (Å²) in [5.74, 6) is 0.330. The van der Waals surface area contributed by atoms with Gasteiger partial charge in [0.1, 0.15) is 5.84 Å². The predicted octanol–water partition coefficient (Wildman–Crippen LogP) is 1.85. The van der Waals surface area contributed by atoms with Crippen molar-refractivity contribution in [3.8, 4) is 0 Å². The van der Waals surface area contributed by atoms with Crippen molar-refractivity contribution in [2.75, 3.05) is 0 Å². The molecule has 1 aliphatic heterocycles. The average molecular weight is 365 g/mol. The van der Waals surface area contributed by atoms with Gasteiger partial charge in [0.25, 0.3) is 5.91 Å².